The molecule has 1 saturated heterocycles. The summed E-state index contributed by atoms with van der Waals surface area (Å²) in [5.41, 5.74) is 1.12. The summed E-state index contributed by atoms with van der Waals surface area (Å²) in [7, 11) is 0. The lowest BCUT2D eigenvalue weighted by molar-refractivity contribution is -0.130. The minimum absolute atomic E-state index is 0.140. The number of benzene rings is 1. The highest BCUT2D eigenvalue weighted by Gasteiger charge is 2.29. The number of hydrogen-bond donors (Lipinski definition) is 0. The van der Waals surface area contributed by atoms with Crippen molar-refractivity contribution in [1.82, 2.24) is 24.6 Å². The van der Waals surface area contributed by atoms with Crippen LogP contribution in [0.25, 0.3) is 0 Å². The topological polar surface area (TPSA) is 54.3 Å². The third-order valence-corrected chi connectivity index (χ3v) is 5.70. The van der Waals surface area contributed by atoms with Crippen LogP contribution in [0.1, 0.15) is 42.9 Å². The molecule has 0 spiro atoms. The SMILES string of the molecule is CC(=O)N1CCCC(c2nnc3n2CCN(Cc2ccc(F)cc2)CC3)C1. The van der Waals surface area contributed by atoms with Crippen LogP contribution in [-0.4, -0.2) is 56.7 Å². The molecule has 1 atom stereocenters. The molecule has 1 aromatic carbocycles. The van der Waals surface area contributed by atoms with Crippen molar-refractivity contribution in [2.75, 3.05) is 26.2 Å². The van der Waals surface area contributed by atoms with Gasteiger partial charge in [0.15, 0.2) is 0 Å². The van der Waals surface area contributed by atoms with Crippen molar-refractivity contribution >= 4 is 5.91 Å². The number of amides is 1. The fourth-order valence-corrected chi connectivity index (χ4v) is 4.17. The summed E-state index contributed by atoms with van der Waals surface area (Å²) < 4.78 is 15.4. The number of piperidine rings is 1. The molecule has 1 unspecified atom stereocenters. The predicted molar refractivity (Wildman–Crippen MR) is 99.6 cm³/mol. The molecule has 27 heavy (non-hydrogen) atoms. The molecule has 0 N–H and O–H groups in total. The molecular weight excluding hydrogens is 345 g/mol. The van der Waals surface area contributed by atoms with Crippen molar-refractivity contribution in [3.63, 3.8) is 0 Å². The Bertz CT molecular complexity index is 803. The van der Waals surface area contributed by atoms with Gasteiger partial charge in [-0.25, -0.2) is 4.39 Å². The van der Waals surface area contributed by atoms with Gasteiger partial charge in [0, 0.05) is 58.5 Å². The van der Waals surface area contributed by atoms with Crippen LogP contribution in [0.15, 0.2) is 24.3 Å². The van der Waals surface area contributed by atoms with E-state index in [0.29, 0.717) is 0 Å². The van der Waals surface area contributed by atoms with Gasteiger partial charge >= 0.3 is 0 Å². The van der Waals surface area contributed by atoms with Gasteiger partial charge in [0.2, 0.25) is 5.91 Å². The van der Waals surface area contributed by atoms with Crippen molar-refractivity contribution in [2.24, 2.45) is 0 Å². The maximum atomic E-state index is 13.1. The molecule has 0 saturated carbocycles. The van der Waals surface area contributed by atoms with Crippen LogP contribution in [0.2, 0.25) is 0 Å². The lowest BCUT2D eigenvalue weighted by Gasteiger charge is -2.31. The average Bonchev–Trinajstić information content (AvgIpc) is 2.98. The third-order valence-electron chi connectivity index (χ3n) is 5.70. The van der Waals surface area contributed by atoms with Crippen molar-refractivity contribution in [1.29, 1.82) is 0 Å². The van der Waals surface area contributed by atoms with Gasteiger partial charge in [0.25, 0.3) is 0 Å². The van der Waals surface area contributed by atoms with Gasteiger partial charge in [-0.05, 0) is 30.5 Å². The predicted octanol–water partition coefficient (Wildman–Crippen LogP) is 2.20. The second kappa shape index (κ2) is 7.76. The van der Waals surface area contributed by atoms with Crippen molar-refractivity contribution in [3.8, 4) is 0 Å². The van der Waals surface area contributed by atoms with E-state index in [1.165, 1.54) is 12.1 Å². The van der Waals surface area contributed by atoms with Crippen molar-refractivity contribution in [2.45, 2.75) is 45.2 Å². The Morgan fingerprint density at radius 1 is 1.15 bits per heavy atom. The second-order valence-corrected chi connectivity index (χ2v) is 7.58. The van der Waals surface area contributed by atoms with Crippen molar-refractivity contribution in [3.05, 3.63) is 47.3 Å². The van der Waals surface area contributed by atoms with Crippen molar-refractivity contribution < 1.29 is 9.18 Å². The zero-order valence-electron chi connectivity index (χ0n) is 15.8. The smallest absolute Gasteiger partial charge is 0.219 e. The van der Waals surface area contributed by atoms with Crippen LogP contribution in [0.5, 0.6) is 0 Å². The Balaban J connectivity index is 1.44. The van der Waals surface area contributed by atoms with Gasteiger partial charge < -0.3 is 9.47 Å². The zero-order chi connectivity index (χ0) is 18.8. The first-order valence-electron chi connectivity index (χ1n) is 9.74. The fourth-order valence-electron chi connectivity index (χ4n) is 4.17. The van der Waals surface area contributed by atoms with E-state index >= 15 is 0 Å². The molecular formula is C20H26FN5O. The molecule has 0 radical (unpaired) electrons. The van der Waals surface area contributed by atoms with Crippen LogP contribution in [0, 0.1) is 5.82 Å². The second-order valence-electron chi connectivity index (χ2n) is 7.58. The van der Waals surface area contributed by atoms with E-state index in [0.717, 1.165) is 75.7 Å². The standard InChI is InChI=1S/C20H26FN5O/c1-15(27)25-9-2-3-17(14-25)20-23-22-19-8-10-24(11-12-26(19)20)13-16-4-6-18(21)7-5-16/h4-7,17H,2-3,8-14H2,1H3. The Morgan fingerprint density at radius 3 is 2.74 bits per heavy atom. The minimum atomic E-state index is -0.197. The fraction of sp³-hybridized carbons (Fsp3) is 0.550. The number of fused-ring (bicyclic) bond motifs is 1. The van der Waals surface area contributed by atoms with Gasteiger partial charge in [0.05, 0.1) is 0 Å². The molecule has 1 fully saturated rings. The molecule has 6 nitrogen and oxygen atoms in total. The van der Waals surface area contributed by atoms with Gasteiger partial charge in [0.1, 0.15) is 17.5 Å². The zero-order valence-corrected chi connectivity index (χ0v) is 15.8. The first kappa shape index (κ1) is 18.1. The molecule has 144 valence electrons. The number of carbonyl (C=O) groups excluding carboxylic acids is 1. The molecule has 1 amide bonds. The molecule has 2 aliphatic heterocycles. The highest BCUT2D eigenvalue weighted by atomic mass is 19.1. The maximum absolute atomic E-state index is 13.1. The first-order valence-corrected chi connectivity index (χ1v) is 9.74. The Hall–Kier alpha value is -2.28. The van der Waals surface area contributed by atoms with Gasteiger partial charge in [-0.1, -0.05) is 12.1 Å². The Morgan fingerprint density at radius 2 is 1.96 bits per heavy atom. The number of nitrogens with zero attached hydrogens (tertiary/aromatic N) is 5. The number of likely N-dealkylation sites (tertiary alicyclic amines) is 1. The third kappa shape index (κ3) is 4.03. The summed E-state index contributed by atoms with van der Waals surface area (Å²) in [5, 5.41) is 8.94. The first-order chi connectivity index (χ1) is 13.1. The highest BCUT2D eigenvalue weighted by molar-refractivity contribution is 5.73. The van der Waals surface area contributed by atoms with Crippen LogP contribution in [-0.2, 0) is 24.3 Å². The van der Waals surface area contributed by atoms with Gasteiger partial charge in [-0.3, -0.25) is 9.69 Å². The summed E-state index contributed by atoms with van der Waals surface area (Å²) in [6, 6.07) is 6.74. The van der Waals surface area contributed by atoms with Gasteiger partial charge in [-0.2, -0.15) is 0 Å². The summed E-state index contributed by atoms with van der Waals surface area (Å²) in [5.74, 6) is 2.28. The summed E-state index contributed by atoms with van der Waals surface area (Å²) in [4.78, 5) is 16.1. The molecule has 2 aromatic rings. The molecule has 0 aliphatic carbocycles. The molecule has 7 heteroatoms. The largest absolute Gasteiger partial charge is 0.342 e. The quantitative estimate of drug-likeness (QED) is 0.830. The molecule has 2 aliphatic rings. The number of rotatable bonds is 3. The maximum Gasteiger partial charge on any atom is 0.219 e. The molecule has 4 rings (SSSR count). The summed E-state index contributed by atoms with van der Waals surface area (Å²) >= 11 is 0. The van der Waals surface area contributed by atoms with Crippen LogP contribution in [0.4, 0.5) is 4.39 Å². The summed E-state index contributed by atoms with van der Waals surface area (Å²) in [6.45, 7) is 6.73. The Kier molecular flexibility index (Phi) is 5.20. The van der Waals surface area contributed by atoms with Crippen LogP contribution in [0.3, 0.4) is 0 Å². The highest BCUT2D eigenvalue weighted by Crippen LogP contribution is 2.27. The van der Waals surface area contributed by atoms with E-state index in [2.05, 4.69) is 19.7 Å². The van der Waals surface area contributed by atoms with E-state index in [4.69, 9.17) is 0 Å². The van der Waals surface area contributed by atoms with E-state index in [-0.39, 0.29) is 17.6 Å². The van der Waals surface area contributed by atoms with E-state index in [1.54, 1.807) is 6.92 Å². The monoisotopic (exact) mass is 371 g/mol. The lowest BCUT2D eigenvalue weighted by Crippen LogP contribution is -2.38. The average molecular weight is 371 g/mol. The number of halogens is 1. The number of carbonyl (C=O) groups is 1. The van der Waals surface area contributed by atoms with Crippen LogP contribution >= 0.6 is 0 Å². The van der Waals surface area contributed by atoms with E-state index < -0.39 is 0 Å². The number of aromatic nitrogens is 3. The van der Waals surface area contributed by atoms with E-state index in [1.807, 2.05) is 17.0 Å². The number of hydrogen-bond acceptors (Lipinski definition) is 4. The molecule has 0 bridgehead atoms. The molecule has 1 aromatic heterocycles. The van der Waals surface area contributed by atoms with E-state index in [9.17, 15) is 9.18 Å². The minimum Gasteiger partial charge on any atom is -0.342 e. The lowest BCUT2D eigenvalue weighted by atomic mass is 9.97. The molecule has 3 heterocycles. The van der Waals surface area contributed by atoms with Crippen LogP contribution < -0.4 is 0 Å². The summed E-state index contributed by atoms with van der Waals surface area (Å²) in [6.07, 6.45) is 2.93. The Labute approximate surface area is 159 Å². The normalized spacial score (nSPS) is 21.0. The van der Waals surface area contributed by atoms with Gasteiger partial charge in [-0.15, -0.1) is 10.2 Å².